The fourth-order valence-electron chi connectivity index (χ4n) is 2.50. The van der Waals surface area contributed by atoms with Crippen LogP contribution >= 0.6 is 0 Å². The quantitative estimate of drug-likeness (QED) is 0.785. The van der Waals surface area contributed by atoms with E-state index in [1.165, 1.54) is 5.56 Å². The molecule has 0 aromatic heterocycles. The molecule has 0 fully saturated rings. The lowest BCUT2D eigenvalue weighted by Crippen LogP contribution is -2.43. The van der Waals surface area contributed by atoms with E-state index in [0.29, 0.717) is 6.42 Å². The second-order valence-corrected chi connectivity index (χ2v) is 4.88. The van der Waals surface area contributed by atoms with Gasteiger partial charge < -0.3 is 14.6 Å². The maximum absolute atomic E-state index is 10.4. The second kappa shape index (κ2) is 7.51. The molecule has 3 heteroatoms. The number of ether oxygens (including phenoxy) is 2. The number of aliphatic hydroxyl groups excluding tert-OH is 1. The summed E-state index contributed by atoms with van der Waals surface area (Å²) in [5.74, 6) is 0.859. The average molecular weight is 266 g/mol. The molecule has 1 aromatic rings. The van der Waals surface area contributed by atoms with Gasteiger partial charge in [-0.1, -0.05) is 26.0 Å². The lowest BCUT2D eigenvalue weighted by atomic mass is 9.87. The van der Waals surface area contributed by atoms with Crippen LogP contribution in [0.25, 0.3) is 0 Å². The molecule has 19 heavy (non-hydrogen) atoms. The molecular weight excluding hydrogens is 240 g/mol. The molecule has 0 aliphatic heterocycles. The zero-order valence-corrected chi connectivity index (χ0v) is 12.5. The first-order valence-electron chi connectivity index (χ1n) is 6.98. The van der Waals surface area contributed by atoms with Crippen LogP contribution in [0.2, 0.25) is 0 Å². The van der Waals surface area contributed by atoms with Gasteiger partial charge in [0, 0.05) is 7.11 Å². The second-order valence-electron chi connectivity index (χ2n) is 4.88. The number of aliphatic hydroxyl groups is 1. The molecular formula is C16H26O3. The summed E-state index contributed by atoms with van der Waals surface area (Å²) >= 11 is 0. The zero-order chi connectivity index (χ0) is 14.3. The molecule has 0 aliphatic rings. The lowest BCUT2D eigenvalue weighted by molar-refractivity contribution is -0.109. The SMILES string of the molecule is CCC(CC)(OC)C(O)CCc1ccc(OC)cc1. The Hall–Kier alpha value is -1.06. The Balaban J connectivity index is 2.59. The molecule has 0 heterocycles. The Morgan fingerprint density at radius 2 is 1.68 bits per heavy atom. The molecule has 0 saturated carbocycles. The summed E-state index contributed by atoms with van der Waals surface area (Å²) in [7, 11) is 3.35. The van der Waals surface area contributed by atoms with Crippen LogP contribution in [0.15, 0.2) is 24.3 Å². The van der Waals surface area contributed by atoms with Gasteiger partial charge in [0.1, 0.15) is 5.75 Å². The smallest absolute Gasteiger partial charge is 0.118 e. The maximum atomic E-state index is 10.4. The van der Waals surface area contributed by atoms with Crippen molar-refractivity contribution in [2.24, 2.45) is 0 Å². The molecule has 1 rings (SSSR count). The van der Waals surface area contributed by atoms with Crippen molar-refractivity contribution in [3.63, 3.8) is 0 Å². The summed E-state index contributed by atoms with van der Waals surface area (Å²) in [6.45, 7) is 4.12. The van der Waals surface area contributed by atoms with Crippen LogP contribution in [0.4, 0.5) is 0 Å². The van der Waals surface area contributed by atoms with E-state index in [9.17, 15) is 5.11 Å². The van der Waals surface area contributed by atoms with Crippen molar-refractivity contribution in [1.29, 1.82) is 0 Å². The maximum Gasteiger partial charge on any atom is 0.118 e. The fourth-order valence-corrected chi connectivity index (χ4v) is 2.50. The number of aryl methyl sites for hydroxylation is 1. The van der Waals surface area contributed by atoms with Crippen LogP contribution < -0.4 is 4.74 Å². The van der Waals surface area contributed by atoms with Crippen LogP contribution in [0, 0.1) is 0 Å². The Morgan fingerprint density at radius 1 is 1.11 bits per heavy atom. The number of hydrogen-bond acceptors (Lipinski definition) is 3. The summed E-state index contributed by atoms with van der Waals surface area (Å²) in [6, 6.07) is 7.98. The summed E-state index contributed by atoms with van der Waals surface area (Å²) < 4.78 is 10.7. The Bertz CT molecular complexity index is 346. The summed E-state index contributed by atoms with van der Waals surface area (Å²) in [6.07, 6.45) is 2.76. The van der Waals surface area contributed by atoms with Gasteiger partial charge in [0.2, 0.25) is 0 Å². The van der Waals surface area contributed by atoms with Crippen LogP contribution in [-0.2, 0) is 11.2 Å². The van der Waals surface area contributed by atoms with Gasteiger partial charge in [-0.25, -0.2) is 0 Å². The minimum Gasteiger partial charge on any atom is -0.497 e. The van der Waals surface area contributed by atoms with E-state index in [-0.39, 0.29) is 0 Å². The molecule has 1 N–H and O–H groups in total. The number of methoxy groups -OCH3 is 2. The molecule has 108 valence electrons. The molecule has 0 bridgehead atoms. The van der Waals surface area contributed by atoms with E-state index >= 15 is 0 Å². The van der Waals surface area contributed by atoms with Gasteiger partial charge in [0.05, 0.1) is 18.8 Å². The van der Waals surface area contributed by atoms with Crippen molar-refractivity contribution >= 4 is 0 Å². The van der Waals surface area contributed by atoms with E-state index in [4.69, 9.17) is 9.47 Å². The highest BCUT2D eigenvalue weighted by Gasteiger charge is 2.33. The van der Waals surface area contributed by atoms with Gasteiger partial charge in [-0.05, 0) is 43.4 Å². The van der Waals surface area contributed by atoms with Crippen molar-refractivity contribution in [3.8, 4) is 5.75 Å². The van der Waals surface area contributed by atoms with Crippen molar-refractivity contribution < 1.29 is 14.6 Å². The Morgan fingerprint density at radius 3 is 2.11 bits per heavy atom. The van der Waals surface area contributed by atoms with Crippen LogP contribution in [0.1, 0.15) is 38.7 Å². The topological polar surface area (TPSA) is 38.7 Å². The summed E-state index contributed by atoms with van der Waals surface area (Å²) in [5, 5.41) is 10.4. The molecule has 0 spiro atoms. The Labute approximate surface area is 116 Å². The molecule has 0 saturated heterocycles. The number of benzene rings is 1. The minimum atomic E-state index is -0.436. The van der Waals surface area contributed by atoms with E-state index < -0.39 is 11.7 Å². The Kier molecular flexibility index (Phi) is 6.32. The van der Waals surface area contributed by atoms with Gasteiger partial charge in [-0.2, -0.15) is 0 Å². The van der Waals surface area contributed by atoms with Crippen molar-refractivity contribution in [3.05, 3.63) is 29.8 Å². The predicted molar refractivity (Wildman–Crippen MR) is 77.6 cm³/mol. The standard InChI is InChI=1S/C16H26O3/c1-5-16(6-2,19-4)15(17)12-9-13-7-10-14(18-3)11-8-13/h7-8,10-11,15,17H,5-6,9,12H2,1-4H3. The predicted octanol–water partition coefficient (Wildman–Crippen LogP) is 3.19. The fraction of sp³-hybridized carbons (Fsp3) is 0.625. The first-order valence-corrected chi connectivity index (χ1v) is 6.98. The molecule has 3 nitrogen and oxygen atoms in total. The summed E-state index contributed by atoms with van der Waals surface area (Å²) in [5.41, 5.74) is 0.795. The van der Waals surface area contributed by atoms with Gasteiger partial charge in [0.25, 0.3) is 0 Å². The van der Waals surface area contributed by atoms with Gasteiger partial charge in [0.15, 0.2) is 0 Å². The number of hydrogen-bond donors (Lipinski definition) is 1. The zero-order valence-electron chi connectivity index (χ0n) is 12.5. The van der Waals surface area contributed by atoms with Gasteiger partial charge >= 0.3 is 0 Å². The van der Waals surface area contributed by atoms with Crippen molar-refractivity contribution in [2.75, 3.05) is 14.2 Å². The molecule has 1 unspecified atom stereocenters. The van der Waals surface area contributed by atoms with E-state index in [0.717, 1.165) is 25.0 Å². The molecule has 1 atom stereocenters. The van der Waals surface area contributed by atoms with Crippen LogP contribution in [0.3, 0.4) is 0 Å². The normalized spacial score (nSPS) is 13.3. The first-order chi connectivity index (χ1) is 9.11. The van der Waals surface area contributed by atoms with E-state index in [2.05, 4.69) is 13.8 Å². The third kappa shape index (κ3) is 3.95. The average Bonchev–Trinajstić information content (AvgIpc) is 2.48. The van der Waals surface area contributed by atoms with Crippen LogP contribution in [0.5, 0.6) is 5.75 Å². The molecule has 0 aliphatic carbocycles. The largest absolute Gasteiger partial charge is 0.497 e. The van der Waals surface area contributed by atoms with Crippen molar-refractivity contribution in [2.45, 2.75) is 51.2 Å². The highest BCUT2D eigenvalue weighted by molar-refractivity contribution is 5.27. The highest BCUT2D eigenvalue weighted by atomic mass is 16.5. The molecule has 0 radical (unpaired) electrons. The monoisotopic (exact) mass is 266 g/mol. The molecule has 0 amide bonds. The third-order valence-electron chi connectivity index (χ3n) is 4.08. The van der Waals surface area contributed by atoms with Crippen LogP contribution in [-0.4, -0.2) is 31.0 Å². The summed E-state index contributed by atoms with van der Waals surface area (Å²) in [4.78, 5) is 0. The number of rotatable bonds is 8. The highest BCUT2D eigenvalue weighted by Crippen LogP contribution is 2.27. The molecule has 1 aromatic carbocycles. The van der Waals surface area contributed by atoms with E-state index in [1.807, 2.05) is 24.3 Å². The van der Waals surface area contributed by atoms with Gasteiger partial charge in [-0.15, -0.1) is 0 Å². The van der Waals surface area contributed by atoms with E-state index in [1.54, 1.807) is 14.2 Å². The third-order valence-corrected chi connectivity index (χ3v) is 4.08. The van der Waals surface area contributed by atoms with Gasteiger partial charge in [-0.3, -0.25) is 0 Å². The first kappa shape index (κ1) is 16.0. The van der Waals surface area contributed by atoms with Crippen molar-refractivity contribution in [1.82, 2.24) is 0 Å². The lowest BCUT2D eigenvalue weighted by Gasteiger charge is -2.35. The minimum absolute atomic E-state index is 0.410.